The molecule has 1 amide bonds. The van der Waals surface area contributed by atoms with Gasteiger partial charge in [-0.05, 0) is 12.8 Å². The molecule has 0 fully saturated rings. The molecular formula is C14H23N3O3. The van der Waals surface area contributed by atoms with Gasteiger partial charge in [0.25, 0.3) is 0 Å². The van der Waals surface area contributed by atoms with Crippen LogP contribution in [0, 0.1) is 0 Å². The third-order valence-electron chi connectivity index (χ3n) is 3.14. The maximum Gasteiger partial charge on any atom is 0.303 e. The van der Waals surface area contributed by atoms with Crippen molar-refractivity contribution in [2.24, 2.45) is 0 Å². The van der Waals surface area contributed by atoms with E-state index in [2.05, 4.69) is 16.5 Å². The number of imidazole rings is 1. The van der Waals surface area contributed by atoms with Gasteiger partial charge in [0.2, 0.25) is 5.91 Å². The van der Waals surface area contributed by atoms with Crippen LogP contribution >= 0.6 is 0 Å². The third-order valence-corrected chi connectivity index (χ3v) is 3.14. The molecule has 1 N–H and O–H groups in total. The quantitative estimate of drug-likeness (QED) is 0.745. The highest BCUT2D eigenvalue weighted by atomic mass is 16.4. The lowest BCUT2D eigenvalue weighted by atomic mass is 10.2. The molecule has 0 aliphatic heterocycles. The van der Waals surface area contributed by atoms with Gasteiger partial charge in [0.05, 0.1) is 6.42 Å². The van der Waals surface area contributed by atoms with Crippen LogP contribution in [0.4, 0.5) is 0 Å². The minimum atomic E-state index is -0.937. The Bertz CT molecular complexity index is 443. The van der Waals surface area contributed by atoms with Gasteiger partial charge in [-0.25, -0.2) is 4.98 Å². The molecule has 0 saturated carbocycles. The number of nitrogens with zero attached hydrogens (tertiary/aromatic N) is 3. The van der Waals surface area contributed by atoms with Gasteiger partial charge >= 0.3 is 5.97 Å². The van der Waals surface area contributed by atoms with Crippen LogP contribution in [-0.2, 0) is 22.6 Å². The summed E-state index contributed by atoms with van der Waals surface area (Å²) in [6.45, 7) is 3.71. The average molecular weight is 281 g/mol. The molecule has 0 aromatic carbocycles. The molecule has 112 valence electrons. The first kappa shape index (κ1) is 16.2. The number of carbonyl (C=O) groups is 2. The molecule has 0 aliphatic carbocycles. The third kappa shape index (κ3) is 5.42. The molecule has 0 saturated heterocycles. The zero-order valence-electron chi connectivity index (χ0n) is 12.2. The summed E-state index contributed by atoms with van der Waals surface area (Å²) in [6, 6.07) is 0. The van der Waals surface area contributed by atoms with Crippen molar-refractivity contribution in [3.63, 3.8) is 0 Å². The summed E-state index contributed by atoms with van der Waals surface area (Å²) in [7, 11) is 1.71. The van der Waals surface area contributed by atoms with Crippen molar-refractivity contribution < 1.29 is 14.7 Å². The van der Waals surface area contributed by atoms with E-state index >= 15 is 0 Å². The first-order valence-corrected chi connectivity index (χ1v) is 7.00. The summed E-state index contributed by atoms with van der Waals surface area (Å²) < 4.78 is 2.13. The standard InChI is InChI=1S/C14H23N3O3/c1-3-9-17-11-8-15-12(17)5-4-10-16(2)13(18)6-7-14(19)20/h8,11H,3-7,9-10H2,1-2H3,(H,19,20). The van der Waals surface area contributed by atoms with Crippen LogP contribution in [0.1, 0.15) is 38.4 Å². The van der Waals surface area contributed by atoms with Crippen molar-refractivity contribution in [3.05, 3.63) is 18.2 Å². The Morgan fingerprint density at radius 3 is 2.80 bits per heavy atom. The first-order valence-electron chi connectivity index (χ1n) is 7.00. The monoisotopic (exact) mass is 281 g/mol. The lowest BCUT2D eigenvalue weighted by Crippen LogP contribution is -2.28. The number of hydrogen-bond donors (Lipinski definition) is 1. The molecule has 20 heavy (non-hydrogen) atoms. The number of rotatable bonds is 9. The summed E-state index contributed by atoms with van der Waals surface area (Å²) in [5.74, 6) is -0.0177. The van der Waals surface area contributed by atoms with E-state index in [0.717, 1.165) is 31.6 Å². The fourth-order valence-corrected chi connectivity index (χ4v) is 2.02. The number of aliphatic carboxylic acids is 1. The molecule has 0 bridgehead atoms. The van der Waals surface area contributed by atoms with Gasteiger partial charge in [0, 0.05) is 45.4 Å². The molecule has 6 nitrogen and oxygen atoms in total. The Hall–Kier alpha value is -1.85. The van der Waals surface area contributed by atoms with Crippen LogP contribution in [0.15, 0.2) is 12.4 Å². The number of amides is 1. The van der Waals surface area contributed by atoms with Gasteiger partial charge in [-0.2, -0.15) is 0 Å². The zero-order valence-corrected chi connectivity index (χ0v) is 12.2. The summed E-state index contributed by atoms with van der Waals surface area (Å²) >= 11 is 0. The molecule has 0 spiro atoms. The largest absolute Gasteiger partial charge is 0.481 e. The first-order chi connectivity index (χ1) is 9.54. The molecule has 0 unspecified atom stereocenters. The van der Waals surface area contributed by atoms with Gasteiger partial charge in [-0.15, -0.1) is 0 Å². The number of carboxylic acids is 1. The van der Waals surface area contributed by atoms with Crippen molar-refractivity contribution in [2.45, 2.75) is 45.6 Å². The van der Waals surface area contributed by atoms with E-state index < -0.39 is 5.97 Å². The van der Waals surface area contributed by atoms with E-state index in [1.807, 2.05) is 6.20 Å². The summed E-state index contributed by atoms with van der Waals surface area (Å²) in [4.78, 5) is 28.0. The van der Waals surface area contributed by atoms with Crippen LogP contribution < -0.4 is 0 Å². The highest BCUT2D eigenvalue weighted by Crippen LogP contribution is 2.04. The van der Waals surface area contributed by atoms with Crippen molar-refractivity contribution in [1.29, 1.82) is 0 Å². The van der Waals surface area contributed by atoms with Gasteiger partial charge < -0.3 is 14.6 Å². The number of carboxylic acid groups (broad SMARTS) is 1. The summed E-state index contributed by atoms with van der Waals surface area (Å²) in [5.41, 5.74) is 0. The fourth-order valence-electron chi connectivity index (χ4n) is 2.02. The highest BCUT2D eigenvalue weighted by molar-refractivity contribution is 5.80. The molecule has 1 aromatic heterocycles. The SMILES string of the molecule is CCCn1ccnc1CCCN(C)C(=O)CCC(=O)O. The smallest absolute Gasteiger partial charge is 0.303 e. The van der Waals surface area contributed by atoms with Gasteiger partial charge in [0.1, 0.15) is 5.82 Å². The fraction of sp³-hybridized carbons (Fsp3) is 0.643. The van der Waals surface area contributed by atoms with E-state index in [1.54, 1.807) is 18.1 Å². The Morgan fingerprint density at radius 2 is 2.15 bits per heavy atom. The predicted octanol–water partition coefficient (Wildman–Crippen LogP) is 1.55. The van der Waals surface area contributed by atoms with E-state index in [-0.39, 0.29) is 18.7 Å². The Labute approximate surface area is 119 Å². The van der Waals surface area contributed by atoms with E-state index in [9.17, 15) is 9.59 Å². The number of aryl methyl sites for hydroxylation is 2. The minimum absolute atomic E-state index is 0.0658. The Morgan fingerprint density at radius 1 is 1.40 bits per heavy atom. The van der Waals surface area contributed by atoms with Crippen molar-refractivity contribution in [1.82, 2.24) is 14.5 Å². The molecule has 0 aliphatic rings. The molecule has 1 heterocycles. The van der Waals surface area contributed by atoms with Crippen LogP contribution in [-0.4, -0.2) is 45.0 Å². The van der Waals surface area contributed by atoms with E-state index in [0.29, 0.717) is 6.54 Å². The Balaban J connectivity index is 2.30. The van der Waals surface area contributed by atoms with Crippen molar-refractivity contribution in [2.75, 3.05) is 13.6 Å². The average Bonchev–Trinajstić information content (AvgIpc) is 2.84. The van der Waals surface area contributed by atoms with Crippen LogP contribution in [0.2, 0.25) is 0 Å². The maximum absolute atomic E-state index is 11.7. The van der Waals surface area contributed by atoms with Crippen molar-refractivity contribution in [3.8, 4) is 0 Å². The molecule has 0 atom stereocenters. The molecule has 0 radical (unpaired) electrons. The minimum Gasteiger partial charge on any atom is -0.481 e. The molecular weight excluding hydrogens is 258 g/mol. The van der Waals surface area contributed by atoms with Crippen LogP contribution in [0.3, 0.4) is 0 Å². The van der Waals surface area contributed by atoms with Crippen LogP contribution in [0.25, 0.3) is 0 Å². The van der Waals surface area contributed by atoms with Gasteiger partial charge in [-0.3, -0.25) is 9.59 Å². The lowest BCUT2D eigenvalue weighted by molar-refractivity contribution is -0.140. The highest BCUT2D eigenvalue weighted by Gasteiger charge is 2.11. The normalized spacial score (nSPS) is 10.5. The second kappa shape index (κ2) is 8.35. The second-order valence-corrected chi connectivity index (χ2v) is 4.85. The molecule has 6 heteroatoms. The topological polar surface area (TPSA) is 75.4 Å². The summed E-state index contributed by atoms with van der Waals surface area (Å²) in [6.07, 6.45) is 6.45. The molecule has 1 aromatic rings. The van der Waals surface area contributed by atoms with Crippen molar-refractivity contribution >= 4 is 11.9 Å². The van der Waals surface area contributed by atoms with E-state index in [1.165, 1.54) is 0 Å². The van der Waals surface area contributed by atoms with Gasteiger partial charge in [-0.1, -0.05) is 6.92 Å². The number of hydrogen-bond acceptors (Lipinski definition) is 3. The maximum atomic E-state index is 11.7. The van der Waals surface area contributed by atoms with Crippen LogP contribution in [0.5, 0.6) is 0 Å². The Kier molecular flexibility index (Phi) is 6.76. The molecule has 1 rings (SSSR count). The zero-order chi connectivity index (χ0) is 15.0. The van der Waals surface area contributed by atoms with Gasteiger partial charge in [0.15, 0.2) is 0 Å². The number of carbonyl (C=O) groups excluding carboxylic acids is 1. The number of aromatic nitrogens is 2. The second-order valence-electron chi connectivity index (χ2n) is 4.85. The lowest BCUT2D eigenvalue weighted by Gasteiger charge is -2.16. The predicted molar refractivity (Wildman–Crippen MR) is 75.3 cm³/mol. The summed E-state index contributed by atoms with van der Waals surface area (Å²) in [5, 5.41) is 8.54. The van der Waals surface area contributed by atoms with E-state index in [4.69, 9.17) is 5.11 Å².